The van der Waals surface area contributed by atoms with Gasteiger partial charge in [0.05, 0.1) is 18.8 Å². The SMILES string of the molecule is COCC(O)CNC1CCN(C(=O)N2CC[C@H](N(C)C(=O)c3ccc(-c4ccccc4)cc3)C2)C1. The minimum Gasteiger partial charge on any atom is -0.389 e. The van der Waals surface area contributed by atoms with E-state index in [0.717, 1.165) is 24.0 Å². The van der Waals surface area contributed by atoms with Gasteiger partial charge in [-0.15, -0.1) is 0 Å². The number of nitrogens with one attached hydrogen (secondary N) is 1. The molecule has 2 N–H and O–H groups in total. The summed E-state index contributed by atoms with van der Waals surface area (Å²) in [7, 11) is 3.39. The molecule has 2 unspecified atom stereocenters. The van der Waals surface area contributed by atoms with Gasteiger partial charge >= 0.3 is 6.03 Å². The van der Waals surface area contributed by atoms with Crippen molar-refractivity contribution in [3.8, 4) is 11.1 Å². The number of carbonyl (C=O) groups is 2. The third-order valence-electron chi connectivity index (χ3n) is 7.00. The number of aliphatic hydroxyl groups is 1. The van der Waals surface area contributed by atoms with E-state index < -0.39 is 6.10 Å². The number of likely N-dealkylation sites (N-methyl/N-ethyl adjacent to an activating group) is 1. The summed E-state index contributed by atoms with van der Waals surface area (Å²) in [6.07, 6.45) is 1.08. The molecule has 0 bridgehead atoms. The Balaban J connectivity index is 1.27. The van der Waals surface area contributed by atoms with Gasteiger partial charge in [-0.25, -0.2) is 4.79 Å². The smallest absolute Gasteiger partial charge is 0.320 e. The second kappa shape index (κ2) is 11.7. The maximum absolute atomic E-state index is 13.1. The number of benzene rings is 2. The van der Waals surface area contributed by atoms with Gasteiger partial charge < -0.3 is 29.9 Å². The predicted molar refractivity (Wildman–Crippen MR) is 135 cm³/mol. The molecule has 188 valence electrons. The number of carbonyl (C=O) groups excluding carboxylic acids is 2. The Morgan fingerprint density at radius 2 is 1.69 bits per heavy atom. The molecule has 0 aromatic heterocycles. The Kier molecular flexibility index (Phi) is 8.38. The van der Waals surface area contributed by atoms with Crippen molar-refractivity contribution < 1.29 is 19.4 Å². The van der Waals surface area contributed by atoms with Crippen molar-refractivity contribution in [3.63, 3.8) is 0 Å². The van der Waals surface area contributed by atoms with E-state index in [1.807, 2.05) is 59.3 Å². The Morgan fingerprint density at radius 1 is 1.03 bits per heavy atom. The van der Waals surface area contributed by atoms with Gasteiger partial charge in [-0.2, -0.15) is 0 Å². The molecule has 3 amide bonds. The number of amides is 3. The normalized spacial score (nSPS) is 20.8. The number of urea groups is 1. The van der Waals surface area contributed by atoms with Crippen molar-refractivity contribution in [1.29, 1.82) is 0 Å². The minimum absolute atomic E-state index is 0.000894. The van der Waals surface area contributed by atoms with Gasteiger partial charge in [0.15, 0.2) is 0 Å². The highest BCUT2D eigenvalue weighted by Gasteiger charge is 2.35. The van der Waals surface area contributed by atoms with Crippen molar-refractivity contribution >= 4 is 11.9 Å². The van der Waals surface area contributed by atoms with Crippen LogP contribution < -0.4 is 5.32 Å². The van der Waals surface area contributed by atoms with Gasteiger partial charge in [-0.1, -0.05) is 42.5 Å². The Hall–Kier alpha value is -2.94. The van der Waals surface area contributed by atoms with Crippen molar-refractivity contribution in [3.05, 3.63) is 60.2 Å². The molecule has 2 aromatic rings. The average Bonchev–Trinajstić information content (AvgIpc) is 3.57. The lowest BCUT2D eigenvalue weighted by Crippen LogP contribution is -2.45. The fraction of sp³-hybridized carbons (Fsp3) is 0.481. The maximum Gasteiger partial charge on any atom is 0.320 e. The van der Waals surface area contributed by atoms with E-state index in [1.165, 1.54) is 0 Å². The highest BCUT2D eigenvalue weighted by Crippen LogP contribution is 2.23. The summed E-state index contributed by atoms with van der Waals surface area (Å²) >= 11 is 0. The van der Waals surface area contributed by atoms with Crippen molar-refractivity contribution in [2.75, 3.05) is 53.5 Å². The molecule has 0 aliphatic carbocycles. The predicted octanol–water partition coefficient (Wildman–Crippen LogP) is 2.29. The lowest BCUT2D eigenvalue weighted by Gasteiger charge is -2.27. The minimum atomic E-state index is -0.549. The zero-order valence-corrected chi connectivity index (χ0v) is 20.6. The topological polar surface area (TPSA) is 85.3 Å². The standard InChI is InChI=1S/C27H36N4O4/c1-29(26(33)22-10-8-21(9-11-22)20-6-4-3-5-7-20)24-13-15-31(18-24)27(34)30-14-12-23(17-30)28-16-25(32)19-35-2/h3-11,23-25,28,32H,12-19H2,1-2H3/t23?,24-,25?/m0/s1. The molecule has 2 aliphatic rings. The first-order valence-electron chi connectivity index (χ1n) is 12.3. The lowest BCUT2D eigenvalue weighted by molar-refractivity contribution is 0.0628. The summed E-state index contributed by atoms with van der Waals surface area (Å²) in [5, 5.41) is 13.1. The molecule has 2 aromatic carbocycles. The number of rotatable bonds is 8. The molecule has 35 heavy (non-hydrogen) atoms. The third kappa shape index (κ3) is 6.20. The highest BCUT2D eigenvalue weighted by atomic mass is 16.5. The van der Waals surface area contributed by atoms with Gasteiger partial charge in [-0.3, -0.25) is 4.79 Å². The number of nitrogens with zero attached hydrogens (tertiary/aromatic N) is 3. The molecule has 8 nitrogen and oxygen atoms in total. The Labute approximate surface area is 207 Å². The monoisotopic (exact) mass is 480 g/mol. The van der Waals surface area contributed by atoms with Crippen LogP contribution in [0.4, 0.5) is 4.79 Å². The van der Waals surface area contributed by atoms with Gasteiger partial charge in [0, 0.05) is 58.5 Å². The molecule has 2 aliphatic heterocycles. The van der Waals surface area contributed by atoms with Crippen LogP contribution in [0.2, 0.25) is 0 Å². The molecule has 4 rings (SSSR count). The zero-order valence-electron chi connectivity index (χ0n) is 20.6. The number of ether oxygens (including phenoxy) is 1. The fourth-order valence-corrected chi connectivity index (χ4v) is 4.89. The number of aliphatic hydroxyl groups excluding tert-OH is 1. The fourth-order valence-electron chi connectivity index (χ4n) is 4.89. The zero-order chi connectivity index (χ0) is 24.8. The Bertz CT molecular complexity index is 984. The van der Waals surface area contributed by atoms with Crippen LogP contribution in [0.25, 0.3) is 11.1 Å². The number of methoxy groups -OCH3 is 1. The first-order valence-corrected chi connectivity index (χ1v) is 12.3. The summed E-state index contributed by atoms with van der Waals surface area (Å²) in [6, 6.07) is 18.0. The van der Waals surface area contributed by atoms with Gasteiger partial charge in [0.25, 0.3) is 5.91 Å². The van der Waals surface area contributed by atoms with Crippen LogP contribution in [0.3, 0.4) is 0 Å². The molecule has 2 heterocycles. The van der Waals surface area contributed by atoms with Gasteiger partial charge in [-0.05, 0) is 36.1 Å². The van der Waals surface area contributed by atoms with E-state index in [2.05, 4.69) is 17.4 Å². The summed E-state index contributed by atoms with van der Waals surface area (Å²) in [5.74, 6) is -0.0241. The molecule has 3 atom stereocenters. The van der Waals surface area contributed by atoms with Crippen LogP contribution in [0.5, 0.6) is 0 Å². The van der Waals surface area contributed by atoms with Crippen molar-refractivity contribution in [1.82, 2.24) is 20.0 Å². The van der Waals surface area contributed by atoms with Crippen LogP contribution in [0, 0.1) is 0 Å². The molecular formula is C27H36N4O4. The molecule has 0 radical (unpaired) electrons. The molecule has 8 heteroatoms. The van der Waals surface area contributed by atoms with Crippen LogP contribution >= 0.6 is 0 Å². The van der Waals surface area contributed by atoms with E-state index in [9.17, 15) is 14.7 Å². The molecule has 2 saturated heterocycles. The van der Waals surface area contributed by atoms with E-state index in [0.29, 0.717) is 44.9 Å². The first kappa shape index (κ1) is 25.2. The molecule has 0 spiro atoms. The highest BCUT2D eigenvalue weighted by molar-refractivity contribution is 5.95. The first-order chi connectivity index (χ1) is 17.0. The van der Waals surface area contributed by atoms with Gasteiger partial charge in [0.1, 0.15) is 0 Å². The van der Waals surface area contributed by atoms with E-state index in [1.54, 1.807) is 12.0 Å². The second-order valence-corrected chi connectivity index (χ2v) is 9.48. The number of likely N-dealkylation sites (tertiary alicyclic amines) is 2. The summed E-state index contributed by atoms with van der Waals surface area (Å²) in [6.45, 7) is 3.26. The molecule has 0 saturated carbocycles. The van der Waals surface area contributed by atoms with Crippen molar-refractivity contribution in [2.24, 2.45) is 0 Å². The summed E-state index contributed by atoms with van der Waals surface area (Å²) in [4.78, 5) is 31.7. The van der Waals surface area contributed by atoms with Gasteiger partial charge in [0.2, 0.25) is 0 Å². The lowest BCUT2D eigenvalue weighted by atomic mass is 10.0. The molecule has 2 fully saturated rings. The average molecular weight is 481 g/mol. The quantitative estimate of drug-likeness (QED) is 0.606. The summed E-state index contributed by atoms with van der Waals surface area (Å²) in [5.41, 5.74) is 2.85. The van der Waals surface area contributed by atoms with E-state index in [-0.39, 0.29) is 24.0 Å². The van der Waals surface area contributed by atoms with Crippen LogP contribution in [-0.2, 0) is 4.74 Å². The van der Waals surface area contributed by atoms with Crippen LogP contribution in [0.1, 0.15) is 23.2 Å². The number of hydrogen-bond donors (Lipinski definition) is 2. The van der Waals surface area contributed by atoms with Crippen LogP contribution in [0.15, 0.2) is 54.6 Å². The number of hydrogen-bond acceptors (Lipinski definition) is 5. The van der Waals surface area contributed by atoms with E-state index >= 15 is 0 Å². The largest absolute Gasteiger partial charge is 0.389 e. The Morgan fingerprint density at radius 3 is 2.40 bits per heavy atom. The summed E-state index contributed by atoms with van der Waals surface area (Å²) < 4.78 is 4.95. The third-order valence-corrected chi connectivity index (χ3v) is 7.00. The van der Waals surface area contributed by atoms with Crippen LogP contribution in [-0.4, -0.2) is 103 Å². The maximum atomic E-state index is 13.1. The van der Waals surface area contributed by atoms with Crippen molar-refractivity contribution in [2.45, 2.75) is 31.0 Å². The molecular weight excluding hydrogens is 444 g/mol. The van der Waals surface area contributed by atoms with E-state index in [4.69, 9.17) is 4.74 Å². The second-order valence-electron chi connectivity index (χ2n) is 9.48.